The van der Waals surface area contributed by atoms with Gasteiger partial charge in [-0.2, -0.15) is 0 Å². The predicted octanol–water partition coefficient (Wildman–Crippen LogP) is 0.831. The minimum atomic E-state index is -1.14. The molecule has 1 heterocycles. The number of nitrogens with zero attached hydrogens (tertiary/aromatic N) is 1. The molecule has 1 aliphatic heterocycles. The quantitative estimate of drug-likeness (QED) is 0.335. The number of aliphatic hydroxyl groups excluding tert-OH is 1. The Balaban J connectivity index is 2.59. The van der Waals surface area contributed by atoms with Crippen molar-refractivity contribution >= 4 is 27.7 Å². The molecule has 0 aromatic rings. The van der Waals surface area contributed by atoms with E-state index in [0.29, 0.717) is 5.76 Å². The molecule has 0 saturated heterocycles. The highest BCUT2D eigenvalue weighted by Crippen LogP contribution is 2.37. The highest BCUT2D eigenvalue weighted by Gasteiger charge is 2.18. The van der Waals surface area contributed by atoms with Gasteiger partial charge in [-0.1, -0.05) is 5.16 Å². The summed E-state index contributed by atoms with van der Waals surface area (Å²) < 4.78 is 5.17. The van der Waals surface area contributed by atoms with E-state index in [9.17, 15) is 9.59 Å². The molecule has 1 unspecified atom stereocenters. The zero-order valence-electron chi connectivity index (χ0n) is 10.1. The van der Waals surface area contributed by atoms with E-state index < -0.39 is 16.9 Å². The number of ether oxygens (including phenoxy) is 1. The number of allylic oxidation sites excluding steroid dienone is 1. The fourth-order valence-corrected chi connectivity index (χ4v) is 2.61. The zero-order valence-corrected chi connectivity index (χ0v) is 11.0. The second-order valence-corrected chi connectivity index (χ2v) is 5.17. The summed E-state index contributed by atoms with van der Waals surface area (Å²) in [7, 11) is -1.14. The summed E-state index contributed by atoms with van der Waals surface area (Å²) in [6, 6.07) is 0. The molecular weight excluding hydrogens is 258 g/mol. The van der Waals surface area contributed by atoms with Crippen LogP contribution >= 0.6 is 10.9 Å². The maximum absolute atomic E-state index is 11.9. The number of aliphatic hydroxyl groups is 1. The highest BCUT2D eigenvalue weighted by atomic mass is 32.2. The van der Waals surface area contributed by atoms with Gasteiger partial charge in [-0.05, 0) is 18.4 Å². The maximum Gasteiger partial charge on any atom is 0.331 e. The van der Waals surface area contributed by atoms with E-state index in [-0.39, 0.29) is 24.0 Å². The van der Waals surface area contributed by atoms with Gasteiger partial charge in [-0.15, -0.1) is 10.9 Å². The van der Waals surface area contributed by atoms with Gasteiger partial charge in [0.2, 0.25) is 5.12 Å². The molecule has 0 aromatic carbocycles. The molecule has 0 aliphatic carbocycles. The first kappa shape index (κ1) is 14.5. The fourth-order valence-electron chi connectivity index (χ4n) is 1.11. The van der Waals surface area contributed by atoms with Gasteiger partial charge in [0.25, 0.3) is 0 Å². The lowest BCUT2D eigenvalue weighted by Gasteiger charge is -2.07. The van der Waals surface area contributed by atoms with Crippen LogP contribution in [0, 0.1) is 0 Å². The molecule has 7 heteroatoms. The van der Waals surface area contributed by atoms with Crippen LogP contribution in [-0.2, 0) is 19.2 Å². The normalized spacial score (nSPS) is 20.5. The van der Waals surface area contributed by atoms with Crippen LogP contribution in [0.3, 0.4) is 0 Å². The van der Waals surface area contributed by atoms with Gasteiger partial charge in [-0.3, -0.25) is 4.79 Å². The van der Waals surface area contributed by atoms with Crippen LogP contribution in [0.1, 0.15) is 13.8 Å². The molecule has 0 spiro atoms. The smallest absolute Gasteiger partial charge is 0.331 e. The third-order valence-electron chi connectivity index (χ3n) is 1.88. The van der Waals surface area contributed by atoms with E-state index in [4.69, 9.17) is 9.84 Å². The molecule has 18 heavy (non-hydrogen) atoms. The summed E-state index contributed by atoms with van der Waals surface area (Å²) in [5.74, 6) is -0.0109. The van der Waals surface area contributed by atoms with Crippen molar-refractivity contribution in [3.63, 3.8) is 0 Å². The lowest BCUT2D eigenvalue weighted by molar-refractivity contribution is -0.140. The van der Waals surface area contributed by atoms with Crippen LogP contribution in [0.5, 0.6) is 0 Å². The van der Waals surface area contributed by atoms with Gasteiger partial charge < -0.3 is 14.7 Å². The first-order valence-electron chi connectivity index (χ1n) is 5.23. The standard InChI is InChI=1S/C11H15NO5S/c1-8(12-17-9(2)14)11(15)18-6-3-10(7-18)16-5-4-13/h3,6-7,13,18H,4-5H2,1-2H3. The van der Waals surface area contributed by atoms with Crippen LogP contribution in [0.25, 0.3) is 0 Å². The topological polar surface area (TPSA) is 85.2 Å². The van der Waals surface area contributed by atoms with Gasteiger partial charge in [0.15, 0.2) is 0 Å². The van der Waals surface area contributed by atoms with Gasteiger partial charge >= 0.3 is 5.97 Å². The Morgan fingerprint density at radius 2 is 2.17 bits per heavy atom. The third kappa shape index (κ3) is 4.34. The molecule has 1 aliphatic rings. The third-order valence-corrected chi connectivity index (χ3v) is 3.68. The SMILES string of the molecule is CC(=O)ON=C(C)C(=O)[SH]1C=CC(OCCO)=C1. The molecule has 0 amide bonds. The lowest BCUT2D eigenvalue weighted by Crippen LogP contribution is -2.09. The monoisotopic (exact) mass is 273 g/mol. The Labute approximate surface area is 107 Å². The fraction of sp³-hybridized carbons (Fsp3) is 0.364. The first-order chi connectivity index (χ1) is 8.54. The van der Waals surface area contributed by atoms with Crippen molar-refractivity contribution in [2.45, 2.75) is 13.8 Å². The molecule has 1 atom stereocenters. The van der Waals surface area contributed by atoms with Crippen molar-refractivity contribution in [3.8, 4) is 0 Å². The van der Waals surface area contributed by atoms with Crippen LogP contribution in [0.4, 0.5) is 0 Å². The maximum atomic E-state index is 11.9. The van der Waals surface area contributed by atoms with Crippen molar-refractivity contribution < 1.29 is 24.3 Å². The molecule has 6 nitrogen and oxygen atoms in total. The van der Waals surface area contributed by atoms with E-state index in [1.165, 1.54) is 13.8 Å². The Hall–Kier alpha value is -1.60. The number of oxime groups is 1. The number of carbonyl (C=O) groups excluding carboxylic acids is 2. The number of hydrogen-bond acceptors (Lipinski definition) is 6. The Kier molecular flexibility index (Phi) is 5.60. The minimum Gasteiger partial charge on any atom is -0.491 e. The van der Waals surface area contributed by atoms with Gasteiger partial charge in [0.05, 0.1) is 6.61 Å². The highest BCUT2D eigenvalue weighted by molar-refractivity contribution is 8.35. The van der Waals surface area contributed by atoms with Crippen LogP contribution in [0.2, 0.25) is 0 Å². The average Bonchev–Trinajstić information content (AvgIpc) is 2.81. The molecule has 100 valence electrons. The molecule has 0 fully saturated rings. The largest absolute Gasteiger partial charge is 0.491 e. The summed E-state index contributed by atoms with van der Waals surface area (Å²) in [6.45, 7) is 2.81. The van der Waals surface area contributed by atoms with E-state index in [1.807, 2.05) is 0 Å². The van der Waals surface area contributed by atoms with E-state index in [1.54, 1.807) is 16.9 Å². The van der Waals surface area contributed by atoms with E-state index in [0.717, 1.165) is 0 Å². The Morgan fingerprint density at radius 1 is 1.44 bits per heavy atom. The molecule has 0 radical (unpaired) electrons. The Morgan fingerprint density at radius 3 is 2.78 bits per heavy atom. The lowest BCUT2D eigenvalue weighted by atomic mass is 10.5. The van der Waals surface area contributed by atoms with Crippen molar-refractivity contribution in [1.29, 1.82) is 0 Å². The second-order valence-electron chi connectivity index (χ2n) is 3.39. The van der Waals surface area contributed by atoms with Gasteiger partial charge in [0, 0.05) is 12.3 Å². The number of rotatable bonds is 5. The van der Waals surface area contributed by atoms with Crippen molar-refractivity contribution in [3.05, 3.63) is 22.7 Å². The molecule has 0 aromatic heterocycles. The van der Waals surface area contributed by atoms with Crippen LogP contribution in [0.15, 0.2) is 27.8 Å². The predicted molar refractivity (Wildman–Crippen MR) is 69.1 cm³/mol. The van der Waals surface area contributed by atoms with Crippen molar-refractivity contribution in [2.75, 3.05) is 13.2 Å². The minimum absolute atomic E-state index is 0.0794. The molecule has 0 bridgehead atoms. The first-order valence-corrected chi connectivity index (χ1v) is 6.71. The summed E-state index contributed by atoms with van der Waals surface area (Å²) in [5.41, 5.74) is 0.139. The van der Waals surface area contributed by atoms with E-state index >= 15 is 0 Å². The van der Waals surface area contributed by atoms with Crippen molar-refractivity contribution in [2.24, 2.45) is 5.16 Å². The molecule has 1 N–H and O–H groups in total. The van der Waals surface area contributed by atoms with Crippen molar-refractivity contribution in [1.82, 2.24) is 0 Å². The zero-order chi connectivity index (χ0) is 13.5. The summed E-state index contributed by atoms with van der Waals surface area (Å²) in [5, 5.41) is 15.2. The molecule has 0 saturated carbocycles. The molecular formula is C11H15NO5S. The average molecular weight is 273 g/mol. The number of hydrogen-bond donors (Lipinski definition) is 2. The molecule has 1 rings (SSSR count). The Bertz CT molecular complexity index is 427. The summed E-state index contributed by atoms with van der Waals surface area (Å²) in [4.78, 5) is 26.8. The summed E-state index contributed by atoms with van der Waals surface area (Å²) in [6.07, 6.45) is 1.68. The second kappa shape index (κ2) is 6.97. The summed E-state index contributed by atoms with van der Waals surface area (Å²) >= 11 is 0. The van der Waals surface area contributed by atoms with Crippen LogP contribution in [-0.4, -0.2) is 35.1 Å². The van der Waals surface area contributed by atoms with Crippen LogP contribution < -0.4 is 0 Å². The number of carbonyl (C=O) groups is 2. The van der Waals surface area contributed by atoms with Gasteiger partial charge in [0.1, 0.15) is 18.1 Å². The number of thiol groups is 1. The van der Waals surface area contributed by atoms with Gasteiger partial charge in [-0.25, -0.2) is 4.79 Å². The van der Waals surface area contributed by atoms with E-state index in [2.05, 4.69) is 9.99 Å².